The first-order chi connectivity index (χ1) is 16.0. The summed E-state index contributed by atoms with van der Waals surface area (Å²) in [6.45, 7) is -0.288. The summed E-state index contributed by atoms with van der Waals surface area (Å²) in [5, 5.41) is 12.2. The highest BCUT2D eigenvalue weighted by Crippen LogP contribution is 2.29. The van der Waals surface area contributed by atoms with Crippen molar-refractivity contribution in [2.75, 3.05) is 13.7 Å². The molecule has 1 saturated heterocycles. The monoisotopic (exact) mass is 526 g/mol. The van der Waals surface area contributed by atoms with Gasteiger partial charge in [-0.2, -0.15) is 0 Å². The molecule has 2 aromatic rings. The van der Waals surface area contributed by atoms with Gasteiger partial charge in [-0.3, -0.25) is 14.4 Å². The van der Waals surface area contributed by atoms with E-state index >= 15 is 0 Å². The first-order valence-electron chi connectivity index (χ1n) is 9.92. The van der Waals surface area contributed by atoms with Gasteiger partial charge in [0.1, 0.15) is 11.8 Å². The van der Waals surface area contributed by atoms with E-state index in [0.717, 1.165) is 0 Å². The molecule has 2 N–H and O–H groups in total. The van der Waals surface area contributed by atoms with Gasteiger partial charge in [-0.1, -0.05) is 23.2 Å². The predicted octanol–water partition coefficient (Wildman–Crippen LogP) is 2.97. The molecule has 1 aliphatic heterocycles. The van der Waals surface area contributed by atoms with Crippen LogP contribution in [-0.4, -0.2) is 55.3 Å². The number of amides is 2. The van der Waals surface area contributed by atoms with Gasteiger partial charge in [0.05, 0.1) is 12.0 Å². The molecular formula is C22H20Cl2N2O7S. The average molecular weight is 527 g/mol. The normalized spacial score (nSPS) is 17.9. The molecule has 34 heavy (non-hydrogen) atoms. The van der Waals surface area contributed by atoms with Gasteiger partial charge in [-0.25, -0.2) is 12.7 Å². The second-order valence-corrected chi connectivity index (χ2v) is 9.97. The number of nitrogens with zero attached hydrogens (tertiary/aromatic N) is 1. The van der Waals surface area contributed by atoms with Crippen molar-refractivity contribution in [3.63, 3.8) is 0 Å². The number of carboxylic acids is 1. The second-order valence-electron chi connectivity index (χ2n) is 7.28. The highest BCUT2D eigenvalue weighted by Gasteiger charge is 2.43. The molecular weight excluding hydrogens is 507 g/mol. The number of methoxy groups -OCH3 is 1. The lowest BCUT2D eigenvalue weighted by Gasteiger charge is -2.27. The molecule has 180 valence electrons. The fraction of sp³-hybridized carbons (Fsp3) is 0.227. The lowest BCUT2D eigenvalue weighted by molar-refractivity contribution is -0.138. The Bertz CT molecular complexity index is 1260. The van der Waals surface area contributed by atoms with Crippen LogP contribution in [-0.2, 0) is 24.4 Å². The molecule has 0 radical (unpaired) electrons. The number of hydrogen-bond donors (Lipinski definition) is 2. The number of hydrogen-bond acceptors (Lipinski definition) is 6. The molecule has 0 unspecified atom stereocenters. The van der Waals surface area contributed by atoms with Crippen molar-refractivity contribution in [3.05, 3.63) is 63.6 Å². The summed E-state index contributed by atoms with van der Waals surface area (Å²) in [6, 6.07) is 8.17. The minimum atomic E-state index is -4.56. The van der Waals surface area contributed by atoms with Gasteiger partial charge in [0.25, 0.3) is 15.9 Å². The SMILES string of the molecule is COc1ccc(Cl)cc1/C=C1\CNC(=O)[C@@H](CCC(=O)O)N(S(=O)(=O)c2ccc(Cl)cc2)C1=O. The lowest BCUT2D eigenvalue weighted by atomic mass is 10.1. The van der Waals surface area contributed by atoms with Crippen molar-refractivity contribution in [2.24, 2.45) is 0 Å². The van der Waals surface area contributed by atoms with Crippen molar-refractivity contribution in [1.29, 1.82) is 0 Å². The summed E-state index contributed by atoms with van der Waals surface area (Å²) in [5.41, 5.74) is 0.324. The highest BCUT2D eigenvalue weighted by molar-refractivity contribution is 7.89. The van der Waals surface area contributed by atoms with E-state index in [1.54, 1.807) is 12.1 Å². The van der Waals surface area contributed by atoms with E-state index in [9.17, 15) is 22.8 Å². The number of rotatable bonds is 7. The zero-order valence-electron chi connectivity index (χ0n) is 17.8. The Balaban J connectivity index is 2.16. The third kappa shape index (κ3) is 5.52. The number of carboxylic acid groups (broad SMARTS) is 1. The Hall–Kier alpha value is -3.08. The number of aliphatic carboxylic acids is 1. The minimum Gasteiger partial charge on any atom is -0.496 e. The molecule has 2 amide bonds. The van der Waals surface area contributed by atoms with Gasteiger partial charge >= 0.3 is 5.97 Å². The van der Waals surface area contributed by atoms with E-state index in [0.29, 0.717) is 20.6 Å². The molecule has 0 bridgehead atoms. The van der Waals surface area contributed by atoms with Crippen molar-refractivity contribution in [1.82, 2.24) is 9.62 Å². The topological polar surface area (TPSA) is 130 Å². The predicted molar refractivity (Wildman–Crippen MR) is 125 cm³/mol. The fourth-order valence-electron chi connectivity index (χ4n) is 3.39. The maximum Gasteiger partial charge on any atom is 0.303 e. The Labute approximate surface area is 206 Å². The van der Waals surface area contributed by atoms with Crippen LogP contribution in [0.4, 0.5) is 0 Å². The number of ether oxygens (including phenoxy) is 1. The number of nitrogens with one attached hydrogen (secondary N) is 1. The number of carbonyl (C=O) groups is 3. The van der Waals surface area contributed by atoms with E-state index in [2.05, 4.69) is 5.32 Å². The Morgan fingerprint density at radius 2 is 1.82 bits per heavy atom. The zero-order chi connectivity index (χ0) is 25.0. The van der Waals surface area contributed by atoms with Gasteiger partial charge in [0.2, 0.25) is 5.91 Å². The Morgan fingerprint density at radius 1 is 1.18 bits per heavy atom. The first kappa shape index (κ1) is 25.5. The number of sulfonamides is 1. The quantitative estimate of drug-likeness (QED) is 0.530. The standard InChI is InChI=1S/C22H20Cl2N2O7S/c1-33-19-8-4-16(24)11-13(19)10-14-12-25-21(29)18(7-9-20(27)28)26(22(14)30)34(31,32)17-5-2-15(23)3-6-17/h2-6,8,10-11,18H,7,9,12H2,1H3,(H,25,29)(H,27,28)/b14-10+/t18-/m1/s1. The van der Waals surface area contributed by atoms with Crippen molar-refractivity contribution >= 4 is 57.1 Å². The summed E-state index contributed by atoms with van der Waals surface area (Å²) >= 11 is 11.9. The van der Waals surface area contributed by atoms with Crippen molar-refractivity contribution in [2.45, 2.75) is 23.8 Å². The highest BCUT2D eigenvalue weighted by atomic mass is 35.5. The summed E-state index contributed by atoms with van der Waals surface area (Å²) in [7, 11) is -3.14. The Morgan fingerprint density at radius 3 is 2.44 bits per heavy atom. The molecule has 1 heterocycles. The number of carbonyl (C=O) groups excluding carboxylic acids is 2. The molecule has 0 aliphatic carbocycles. The van der Waals surface area contributed by atoms with Crippen LogP contribution in [0, 0.1) is 0 Å². The van der Waals surface area contributed by atoms with Gasteiger partial charge in [-0.15, -0.1) is 0 Å². The third-order valence-electron chi connectivity index (χ3n) is 5.04. The van der Waals surface area contributed by atoms with Crippen LogP contribution in [0.3, 0.4) is 0 Å². The van der Waals surface area contributed by atoms with Crippen LogP contribution >= 0.6 is 23.2 Å². The molecule has 9 nitrogen and oxygen atoms in total. The van der Waals surface area contributed by atoms with E-state index in [1.165, 1.54) is 43.5 Å². The van der Waals surface area contributed by atoms with E-state index in [-0.39, 0.29) is 22.0 Å². The smallest absolute Gasteiger partial charge is 0.303 e. The van der Waals surface area contributed by atoms with Gasteiger partial charge in [0, 0.05) is 34.1 Å². The molecule has 3 rings (SSSR count). The van der Waals surface area contributed by atoms with E-state index in [4.69, 9.17) is 33.0 Å². The first-order valence-corrected chi connectivity index (χ1v) is 12.1. The van der Waals surface area contributed by atoms with Crippen LogP contribution in [0.2, 0.25) is 10.0 Å². The van der Waals surface area contributed by atoms with Crippen LogP contribution in [0.15, 0.2) is 52.9 Å². The molecule has 0 spiro atoms. The second kappa shape index (κ2) is 10.5. The van der Waals surface area contributed by atoms with Crippen molar-refractivity contribution in [3.8, 4) is 5.75 Å². The summed E-state index contributed by atoms with van der Waals surface area (Å²) in [5.74, 6) is -2.65. The molecule has 1 atom stereocenters. The minimum absolute atomic E-state index is 0.0655. The molecule has 1 fully saturated rings. The van der Waals surface area contributed by atoms with Crippen LogP contribution in [0.25, 0.3) is 6.08 Å². The maximum atomic E-state index is 13.6. The number of halogens is 2. The zero-order valence-corrected chi connectivity index (χ0v) is 20.2. The molecule has 0 aromatic heterocycles. The summed E-state index contributed by atoms with van der Waals surface area (Å²) in [6.07, 6.45) is 0.434. The van der Waals surface area contributed by atoms with Crippen molar-refractivity contribution < 1.29 is 32.6 Å². The van der Waals surface area contributed by atoms with Crippen LogP contribution in [0.5, 0.6) is 5.75 Å². The van der Waals surface area contributed by atoms with E-state index in [1.807, 2.05) is 0 Å². The lowest BCUT2D eigenvalue weighted by Crippen LogP contribution is -2.49. The van der Waals surface area contributed by atoms with Gasteiger partial charge in [0.15, 0.2) is 0 Å². The van der Waals surface area contributed by atoms with Crippen LogP contribution < -0.4 is 10.1 Å². The number of benzene rings is 2. The maximum absolute atomic E-state index is 13.6. The van der Waals surface area contributed by atoms with Gasteiger partial charge < -0.3 is 15.2 Å². The fourth-order valence-corrected chi connectivity index (χ4v) is 5.27. The molecule has 1 aliphatic rings. The molecule has 0 saturated carbocycles. The van der Waals surface area contributed by atoms with E-state index < -0.39 is 46.7 Å². The molecule has 2 aromatic carbocycles. The largest absolute Gasteiger partial charge is 0.496 e. The third-order valence-corrected chi connectivity index (χ3v) is 7.33. The van der Waals surface area contributed by atoms with Gasteiger partial charge in [-0.05, 0) is 55.0 Å². The Kier molecular flexibility index (Phi) is 7.86. The van der Waals surface area contributed by atoms with Crippen LogP contribution in [0.1, 0.15) is 18.4 Å². The molecule has 12 heteroatoms. The average Bonchev–Trinajstić information content (AvgIpc) is 2.89. The summed E-state index contributed by atoms with van der Waals surface area (Å²) in [4.78, 5) is 37.3. The summed E-state index contributed by atoms with van der Waals surface area (Å²) < 4.78 is 32.7.